The van der Waals surface area contributed by atoms with Gasteiger partial charge in [-0.1, -0.05) is 34.8 Å². The van der Waals surface area contributed by atoms with Crippen molar-refractivity contribution in [3.05, 3.63) is 80.8 Å². The third-order valence-electron chi connectivity index (χ3n) is 4.60. The number of halogens is 3. The second-order valence-corrected chi connectivity index (χ2v) is 8.41. The van der Waals surface area contributed by atoms with Gasteiger partial charge in [-0.25, -0.2) is 5.43 Å². The number of carbonyl (C=O) groups is 2. The summed E-state index contributed by atoms with van der Waals surface area (Å²) in [6, 6.07) is 14.5. The van der Waals surface area contributed by atoms with Gasteiger partial charge in [0, 0.05) is 16.3 Å². The van der Waals surface area contributed by atoms with E-state index >= 15 is 0 Å². The van der Waals surface area contributed by atoms with Crippen LogP contribution in [0.1, 0.15) is 22.8 Å². The summed E-state index contributed by atoms with van der Waals surface area (Å²) in [7, 11) is 1.49. The maximum absolute atomic E-state index is 12.4. The van der Waals surface area contributed by atoms with Gasteiger partial charge >= 0.3 is 0 Å². The molecule has 0 fully saturated rings. The first kappa shape index (κ1) is 27.1. The number of nitrogens with zero attached hydrogens (tertiary/aromatic N) is 1. The number of rotatable bonds is 10. The predicted octanol–water partition coefficient (Wildman–Crippen LogP) is 5.84. The highest BCUT2D eigenvalue weighted by Gasteiger charge is 2.13. The highest BCUT2D eigenvalue weighted by atomic mass is 35.5. The third-order valence-corrected chi connectivity index (χ3v) is 5.42. The lowest BCUT2D eigenvalue weighted by atomic mass is 10.2. The molecule has 2 amide bonds. The molecule has 188 valence electrons. The number of ether oxygens (including phenoxy) is 3. The van der Waals surface area contributed by atoms with Crippen LogP contribution in [0.3, 0.4) is 0 Å². The molecule has 2 N–H and O–H groups in total. The maximum atomic E-state index is 12.4. The van der Waals surface area contributed by atoms with E-state index in [1.165, 1.54) is 25.5 Å². The number of hydrogen-bond acceptors (Lipinski definition) is 6. The molecule has 0 bridgehead atoms. The number of hydrogen-bond donors (Lipinski definition) is 2. The van der Waals surface area contributed by atoms with Crippen molar-refractivity contribution < 1.29 is 23.8 Å². The molecule has 0 radical (unpaired) electrons. The van der Waals surface area contributed by atoms with Gasteiger partial charge in [0.2, 0.25) is 0 Å². The molecule has 0 aliphatic rings. The van der Waals surface area contributed by atoms with Crippen LogP contribution in [0.5, 0.6) is 17.2 Å². The van der Waals surface area contributed by atoms with Gasteiger partial charge in [0.05, 0.1) is 30.0 Å². The number of carbonyl (C=O) groups excluding carboxylic acids is 2. The van der Waals surface area contributed by atoms with Gasteiger partial charge in [-0.2, -0.15) is 5.10 Å². The van der Waals surface area contributed by atoms with Crippen LogP contribution >= 0.6 is 34.8 Å². The summed E-state index contributed by atoms with van der Waals surface area (Å²) in [5.41, 5.74) is 3.84. The third kappa shape index (κ3) is 7.52. The van der Waals surface area contributed by atoms with Crippen LogP contribution in [-0.4, -0.2) is 38.4 Å². The van der Waals surface area contributed by atoms with Crippen LogP contribution in [0.25, 0.3) is 0 Å². The summed E-state index contributed by atoms with van der Waals surface area (Å²) in [5, 5.41) is 7.52. The standard InChI is InChI=1S/C25H22Cl3N3O5/c1-3-35-21-9-4-16(12-22(21)34-2)25(33)31-29-13-15-10-19(27)24(20(28)11-15)36-14-23(32)30-18-7-5-17(26)6-8-18/h4-13H,3,14H2,1-2H3,(H,30,32)(H,31,33)/b29-13+. The fourth-order valence-electron chi connectivity index (χ4n) is 2.97. The molecule has 3 aromatic carbocycles. The lowest BCUT2D eigenvalue weighted by molar-refractivity contribution is -0.118. The van der Waals surface area contributed by atoms with E-state index in [1.54, 1.807) is 42.5 Å². The Morgan fingerprint density at radius 1 is 0.944 bits per heavy atom. The van der Waals surface area contributed by atoms with Crippen LogP contribution in [0, 0.1) is 0 Å². The molecule has 0 aliphatic heterocycles. The fraction of sp³-hybridized carbons (Fsp3) is 0.160. The van der Waals surface area contributed by atoms with E-state index in [0.717, 1.165) is 0 Å². The smallest absolute Gasteiger partial charge is 0.271 e. The minimum Gasteiger partial charge on any atom is -0.493 e. The second-order valence-electron chi connectivity index (χ2n) is 7.16. The number of hydrazone groups is 1. The van der Waals surface area contributed by atoms with Crippen molar-refractivity contribution >= 4 is 58.5 Å². The lowest BCUT2D eigenvalue weighted by Gasteiger charge is -2.11. The van der Waals surface area contributed by atoms with Gasteiger partial charge in [-0.15, -0.1) is 0 Å². The van der Waals surface area contributed by atoms with Crippen molar-refractivity contribution in [2.24, 2.45) is 5.10 Å². The Morgan fingerprint density at radius 2 is 1.64 bits per heavy atom. The van der Waals surface area contributed by atoms with Crippen LogP contribution in [0.15, 0.2) is 59.7 Å². The molecular weight excluding hydrogens is 529 g/mol. The van der Waals surface area contributed by atoms with E-state index in [-0.39, 0.29) is 22.4 Å². The molecule has 0 atom stereocenters. The van der Waals surface area contributed by atoms with Gasteiger partial charge in [-0.05, 0) is 67.1 Å². The van der Waals surface area contributed by atoms with Crippen molar-refractivity contribution in [3.8, 4) is 17.2 Å². The molecule has 11 heteroatoms. The molecule has 0 saturated carbocycles. The molecule has 0 spiro atoms. The lowest BCUT2D eigenvalue weighted by Crippen LogP contribution is -2.20. The van der Waals surface area contributed by atoms with Gasteiger partial charge in [0.15, 0.2) is 23.9 Å². The summed E-state index contributed by atoms with van der Waals surface area (Å²) in [6.45, 7) is 2.01. The van der Waals surface area contributed by atoms with E-state index in [0.29, 0.717) is 39.9 Å². The molecule has 0 heterocycles. The van der Waals surface area contributed by atoms with Crippen molar-refractivity contribution in [2.45, 2.75) is 6.92 Å². The van der Waals surface area contributed by atoms with E-state index in [4.69, 9.17) is 49.0 Å². The normalized spacial score (nSPS) is 10.7. The van der Waals surface area contributed by atoms with Crippen molar-refractivity contribution in [1.82, 2.24) is 5.43 Å². The number of methoxy groups -OCH3 is 1. The first-order valence-electron chi connectivity index (χ1n) is 10.6. The molecule has 3 rings (SSSR count). The maximum Gasteiger partial charge on any atom is 0.271 e. The van der Waals surface area contributed by atoms with Gasteiger partial charge < -0.3 is 19.5 Å². The molecule has 8 nitrogen and oxygen atoms in total. The Kier molecular flexibility index (Phi) is 9.81. The predicted molar refractivity (Wildman–Crippen MR) is 141 cm³/mol. The minimum atomic E-state index is -0.448. The van der Waals surface area contributed by atoms with E-state index < -0.39 is 11.8 Å². The molecule has 3 aromatic rings. The van der Waals surface area contributed by atoms with Crippen LogP contribution < -0.4 is 25.0 Å². The average Bonchev–Trinajstić information content (AvgIpc) is 2.85. The van der Waals surface area contributed by atoms with Gasteiger partial charge in [0.1, 0.15) is 0 Å². The first-order chi connectivity index (χ1) is 17.3. The summed E-state index contributed by atoms with van der Waals surface area (Å²) in [4.78, 5) is 24.6. The molecule has 0 aromatic heterocycles. The minimum absolute atomic E-state index is 0.146. The summed E-state index contributed by atoms with van der Waals surface area (Å²) < 4.78 is 16.2. The number of benzene rings is 3. The van der Waals surface area contributed by atoms with Crippen molar-refractivity contribution in [2.75, 3.05) is 25.6 Å². The number of anilines is 1. The average molecular weight is 551 g/mol. The zero-order valence-corrected chi connectivity index (χ0v) is 21.6. The molecule has 36 heavy (non-hydrogen) atoms. The SMILES string of the molecule is CCOc1ccc(C(=O)N/N=C/c2cc(Cl)c(OCC(=O)Nc3ccc(Cl)cc3)c(Cl)c2)cc1OC. The zero-order chi connectivity index (χ0) is 26.1. The molecule has 0 unspecified atom stereocenters. The molecule has 0 saturated heterocycles. The fourth-order valence-corrected chi connectivity index (χ4v) is 3.71. The number of nitrogens with one attached hydrogen (secondary N) is 2. The van der Waals surface area contributed by atoms with Gasteiger partial charge in [0.25, 0.3) is 11.8 Å². The first-order valence-corrected chi connectivity index (χ1v) is 11.8. The van der Waals surface area contributed by atoms with E-state index in [2.05, 4.69) is 15.8 Å². The monoisotopic (exact) mass is 549 g/mol. The topological polar surface area (TPSA) is 98.3 Å². The summed E-state index contributed by atoms with van der Waals surface area (Å²) >= 11 is 18.4. The van der Waals surface area contributed by atoms with Crippen LogP contribution in [0.2, 0.25) is 15.1 Å². The summed E-state index contributed by atoms with van der Waals surface area (Å²) in [5.74, 6) is 0.269. The Balaban J connectivity index is 1.59. The zero-order valence-electron chi connectivity index (χ0n) is 19.3. The second kappa shape index (κ2) is 13.0. The highest BCUT2D eigenvalue weighted by Crippen LogP contribution is 2.34. The highest BCUT2D eigenvalue weighted by molar-refractivity contribution is 6.37. The number of amides is 2. The quantitative estimate of drug-likeness (QED) is 0.244. The molecular formula is C25H22Cl3N3O5. The molecule has 0 aliphatic carbocycles. The van der Waals surface area contributed by atoms with E-state index in [9.17, 15) is 9.59 Å². The largest absolute Gasteiger partial charge is 0.493 e. The Morgan fingerprint density at radius 3 is 2.28 bits per heavy atom. The van der Waals surface area contributed by atoms with Crippen LogP contribution in [-0.2, 0) is 4.79 Å². The Labute approximate surface area is 223 Å². The van der Waals surface area contributed by atoms with Crippen LogP contribution in [0.4, 0.5) is 5.69 Å². The van der Waals surface area contributed by atoms with E-state index in [1.807, 2.05) is 6.92 Å². The van der Waals surface area contributed by atoms with Gasteiger partial charge in [-0.3, -0.25) is 9.59 Å². The Bertz CT molecular complexity index is 1240. The Hall–Kier alpha value is -3.46. The summed E-state index contributed by atoms with van der Waals surface area (Å²) in [6.07, 6.45) is 1.37. The van der Waals surface area contributed by atoms with Crippen molar-refractivity contribution in [1.29, 1.82) is 0 Å². The van der Waals surface area contributed by atoms with Crippen molar-refractivity contribution in [3.63, 3.8) is 0 Å².